The summed E-state index contributed by atoms with van der Waals surface area (Å²) < 4.78 is 0. The third-order valence-corrected chi connectivity index (χ3v) is 5.42. The first-order valence-electron chi connectivity index (χ1n) is 8.58. The second kappa shape index (κ2) is 7.94. The molecule has 0 radical (unpaired) electrons. The number of thiazole rings is 1. The normalized spacial score (nSPS) is 19.5. The Morgan fingerprint density at radius 2 is 1.96 bits per heavy atom. The second-order valence-corrected chi connectivity index (χ2v) is 7.45. The van der Waals surface area contributed by atoms with E-state index in [9.17, 15) is 9.59 Å². The van der Waals surface area contributed by atoms with Crippen LogP contribution >= 0.6 is 11.3 Å². The molecule has 0 bridgehead atoms. The minimum atomic E-state index is -0.112. The summed E-state index contributed by atoms with van der Waals surface area (Å²) in [5.74, 6) is 0.0177. The van der Waals surface area contributed by atoms with Gasteiger partial charge in [-0.1, -0.05) is 12.8 Å². The van der Waals surface area contributed by atoms with Crippen LogP contribution in [0.15, 0.2) is 5.38 Å². The SMILES string of the molecule is CN1CCN(C(=O)Nc2nc(CC(=O)NC3CCCC3)cs2)CC1. The van der Waals surface area contributed by atoms with Crippen molar-refractivity contribution in [1.29, 1.82) is 0 Å². The minimum absolute atomic E-state index is 0.0177. The molecule has 2 heterocycles. The molecule has 7 nitrogen and oxygen atoms in total. The number of nitrogens with zero attached hydrogens (tertiary/aromatic N) is 3. The fraction of sp³-hybridized carbons (Fsp3) is 0.688. The summed E-state index contributed by atoms with van der Waals surface area (Å²) in [6, 6.07) is 0.215. The summed E-state index contributed by atoms with van der Waals surface area (Å²) in [6.45, 7) is 3.23. The summed E-state index contributed by atoms with van der Waals surface area (Å²) in [5, 5.41) is 8.30. The Morgan fingerprint density at radius 1 is 1.25 bits per heavy atom. The number of carbonyl (C=O) groups is 2. The highest BCUT2D eigenvalue weighted by Gasteiger charge is 2.21. The summed E-state index contributed by atoms with van der Waals surface area (Å²) in [6.07, 6.45) is 4.83. The van der Waals surface area contributed by atoms with Gasteiger partial charge in [0.2, 0.25) is 5.91 Å². The van der Waals surface area contributed by atoms with Crippen LogP contribution in [-0.2, 0) is 11.2 Å². The van der Waals surface area contributed by atoms with Crippen LogP contribution in [0.3, 0.4) is 0 Å². The molecule has 1 saturated heterocycles. The fourth-order valence-corrected chi connectivity index (χ4v) is 3.84. The lowest BCUT2D eigenvalue weighted by Crippen LogP contribution is -2.48. The third kappa shape index (κ3) is 4.67. The van der Waals surface area contributed by atoms with Crippen molar-refractivity contribution in [1.82, 2.24) is 20.1 Å². The van der Waals surface area contributed by atoms with Crippen LogP contribution < -0.4 is 10.6 Å². The summed E-state index contributed by atoms with van der Waals surface area (Å²) >= 11 is 1.37. The molecule has 1 saturated carbocycles. The van der Waals surface area contributed by atoms with E-state index < -0.39 is 0 Å². The average Bonchev–Trinajstić information content (AvgIpc) is 3.20. The first-order valence-corrected chi connectivity index (χ1v) is 9.46. The van der Waals surface area contributed by atoms with Gasteiger partial charge >= 0.3 is 6.03 Å². The number of urea groups is 1. The highest BCUT2D eigenvalue weighted by atomic mass is 32.1. The van der Waals surface area contributed by atoms with Crippen LogP contribution in [0.2, 0.25) is 0 Å². The minimum Gasteiger partial charge on any atom is -0.353 e. The van der Waals surface area contributed by atoms with Crippen LogP contribution in [0.1, 0.15) is 31.4 Å². The monoisotopic (exact) mass is 351 g/mol. The van der Waals surface area contributed by atoms with Crippen LogP contribution in [0.25, 0.3) is 0 Å². The van der Waals surface area contributed by atoms with Gasteiger partial charge in [0.1, 0.15) is 0 Å². The fourth-order valence-electron chi connectivity index (χ4n) is 3.14. The van der Waals surface area contributed by atoms with Crippen LogP contribution in [0.5, 0.6) is 0 Å². The summed E-state index contributed by atoms with van der Waals surface area (Å²) in [4.78, 5) is 32.6. The summed E-state index contributed by atoms with van der Waals surface area (Å²) in [5.41, 5.74) is 0.712. The van der Waals surface area contributed by atoms with Crippen molar-refractivity contribution in [3.05, 3.63) is 11.1 Å². The molecule has 3 rings (SSSR count). The highest BCUT2D eigenvalue weighted by molar-refractivity contribution is 7.13. The zero-order valence-corrected chi connectivity index (χ0v) is 14.9. The van der Waals surface area contributed by atoms with E-state index in [-0.39, 0.29) is 18.4 Å². The maximum atomic E-state index is 12.2. The Labute approximate surface area is 146 Å². The first-order chi connectivity index (χ1) is 11.6. The predicted molar refractivity (Wildman–Crippen MR) is 94.3 cm³/mol. The van der Waals surface area contributed by atoms with E-state index in [1.807, 2.05) is 5.38 Å². The van der Waals surface area contributed by atoms with Gasteiger partial charge in [-0.15, -0.1) is 11.3 Å². The molecule has 2 aliphatic rings. The van der Waals surface area contributed by atoms with Crippen LogP contribution in [0, 0.1) is 0 Å². The lowest BCUT2D eigenvalue weighted by atomic mass is 10.2. The Kier molecular flexibility index (Phi) is 5.68. The smallest absolute Gasteiger partial charge is 0.323 e. The molecule has 0 atom stereocenters. The average molecular weight is 351 g/mol. The Balaban J connectivity index is 1.46. The van der Waals surface area contributed by atoms with Crippen molar-refractivity contribution >= 4 is 28.4 Å². The van der Waals surface area contributed by atoms with E-state index in [4.69, 9.17) is 0 Å². The van der Waals surface area contributed by atoms with Crippen molar-refractivity contribution < 1.29 is 9.59 Å². The molecule has 1 aromatic rings. The van der Waals surface area contributed by atoms with Gasteiger partial charge in [0.25, 0.3) is 0 Å². The molecule has 1 aromatic heterocycles. The second-order valence-electron chi connectivity index (χ2n) is 6.59. The quantitative estimate of drug-likeness (QED) is 0.862. The molecule has 1 aliphatic carbocycles. The van der Waals surface area contributed by atoms with Crippen LogP contribution in [0.4, 0.5) is 9.93 Å². The van der Waals surface area contributed by atoms with Gasteiger partial charge < -0.3 is 15.1 Å². The number of hydrogen-bond acceptors (Lipinski definition) is 5. The number of nitrogens with one attached hydrogen (secondary N) is 2. The Hall–Kier alpha value is -1.67. The van der Waals surface area contributed by atoms with E-state index in [2.05, 4.69) is 27.6 Å². The van der Waals surface area contributed by atoms with E-state index in [0.29, 0.717) is 16.9 Å². The van der Waals surface area contributed by atoms with E-state index in [1.54, 1.807) is 4.90 Å². The van der Waals surface area contributed by atoms with E-state index >= 15 is 0 Å². The van der Waals surface area contributed by atoms with Gasteiger partial charge in [-0.25, -0.2) is 9.78 Å². The number of hydrogen-bond donors (Lipinski definition) is 2. The number of likely N-dealkylation sites (N-methyl/N-ethyl adjacent to an activating group) is 1. The van der Waals surface area contributed by atoms with Crippen molar-refractivity contribution in [2.45, 2.75) is 38.1 Å². The van der Waals surface area contributed by atoms with E-state index in [0.717, 1.165) is 39.0 Å². The number of amides is 3. The van der Waals surface area contributed by atoms with E-state index in [1.165, 1.54) is 24.2 Å². The molecule has 1 aliphatic heterocycles. The maximum absolute atomic E-state index is 12.2. The first kappa shape index (κ1) is 17.2. The lowest BCUT2D eigenvalue weighted by molar-refractivity contribution is -0.121. The van der Waals surface area contributed by atoms with Gasteiger partial charge in [0.15, 0.2) is 5.13 Å². The maximum Gasteiger partial charge on any atom is 0.323 e. The largest absolute Gasteiger partial charge is 0.353 e. The Bertz CT molecular complexity index is 577. The van der Waals surface area contributed by atoms with Gasteiger partial charge in [-0.3, -0.25) is 10.1 Å². The van der Waals surface area contributed by atoms with Crippen molar-refractivity contribution in [3.63, 3.8) is 0 Å². The number of rotatable bonds is 4. The predicted octanol–water partition coefficient (Wildman–Crippen LogP) is 1.52. The van der Waals surface area contributed by atoms with Crippen molar-refractivity contribution in [3.8, 4) is 0 Å². The number of piperazine rings is 1. The molecule has 2 N–H and O–H groups in total. The molecule has 0 unspecified atom stereocenters. The highest BCUT2D eigenvalue weighted by Crippen LogP contribution is 2.19. The van der Waals surface area contributed by atoms with Gasteiger partial charge in [0, 0.05) is 37.6 Å². The molecular weight excluding hydrogens is 326 g/mol. The molecule has 0 spiro atoms. The molecule has 3 amide bonds. The third-order valence-electron chi connectivity index (χ3n) is 4.62. The van der Waals surface area contributed by atoms with Gasteiger partial charge in [0.05, 0.1) is 12.1 Å². The Morgan fingerprint density at radius 3 is 2.67 bits per heavy atom. The number of carbonyl (C=O) groups excluding carboxylic acids is 2. The zero-order valence-electron chi connectivity index (χ0n) is 14.1. The molecule has 0 aromatic carbocycles. The zero-order chi connectivity index (χ0) is 16.9. The van der Waals surface area contributed by atoms with Gasteiger partial charge in [-0.05, 0) is 19.9 Å². The standard InChI is InChI=1S/C16H25N5O2S/c1-20-6-8-21(9-7-20)16(23)19-15-18-13(11-24-15)10-14(22)17-12-4-2-3-5-12/h11-12H,2-10H2,1H3,(H,17,22)(H,18,19,23). The topological polar surface area (TPSA) is 77.6 Å². The molecule has 2 fully saturated rings. The molecular formula is C16H25N5O2S. The van der Waals surface area contributed by atoms with Gasteiger partial charge in [-0.2, -0.15) is 0 Å². The molecule has 8 heteroatoms. The number of aromatic nitrogens is 1. The van der Waals surface area contributed by atoms with Crippen LogP contribution in [-0.4, -0.2) is 66.0 Å². The summed E-state index contributed by atoms with van der Waals surface area (Å²) in [7, 11) is 2.05. The lowest BCUT2D eigenvalue weighted by Gasteiger charge is -2.32. The molecule has 24 heavy (non-hydrogen) atoms. The van der Waals surface area contributed by atoms with Crippen molar-refractivity contribution in [2.24, 2.45) is 0 Å². The molecule has 132 valence electrons. The van der Waals surface area contributed by atoms with Crippen molar-refractivity contribution in [2.75, 3.05) is 38.5 Å². The number of anilines is 1.